The largest absolute Gasteiger partial charge is 0.360 e. The Morgan fingerprint density at radius 3 is 2.27 bits per heavy atom. The first-order valence-electron chi connectivity index (χ1n) is 10.8. The minimum Gasteiger partial charge on any atom is -0.360 e. The van der Waals surface area contributed by atoms with Crippen LogP contribution in [0.25, 0.3) is 0 Å². The molecule has 0 unspecified atom stereocenters. The van der Waals surface area contributed by atoms with Gasteiger partial charge in [-0.25, -0.2) is 17.2 Å². The summed E-state index contributed by atoms with van der Waals surface area (Å²) in [6, 6.07) is 7.92. The fraction of sp³-hybridized carbons (Fsp3) is 0.391. The minimum atomic E-state index is -3.74. The zero-order chi connectivity index (χ0) is 23.8. The molecule has 1 saturated heterocycles. The van der Waals surface area contributed by atoms with Gasteiger partial charge in [0, 0.05) is 44.4 Å². The first-order valence-corrected chi connectivity index (χ1v) is 12.2. The molecule has 33 heavy (non-hydrogen) atoms. The third-order valence-corrected chi connectivity index (χ3v) is 8.03. The topological polar surface area (TPSA) is 78.0 Å². The number of anilines is 1. The van der Waals surface area contributed by atoms with Crippen LogP contribution in [-0.4, -0.2) is 68.6 Å². The number of piperazine rings is 1. The maximum Gasteiger partial charge on any atom is 0.243 e. The summed E-state index contributed by atoms with van der Waals surface area (Å²) in [5.41, 5.74) is 1.26. The van der Waals surface area contributed by atoms with Crippen LogP contribution in [0.15, 0.2) is 41.3 Å². The molecular formula is C23H25F2N3O4S. The van der Waals surface area contributed by atoms with E-state index in [1.165, 1.54) is 41.6 Å². The van der Waals surface area contributed by atoms with Crippen LogP contribution in [0.5, 0.6) is 0 Å². The van der Waals surface area contributed by atoms with Gasteiger partial charge in [0.15, 0.2) is 5.78 Å². The summed E-state index contributed by atoms with van der Waals surface area (Å²) in [7, 11) is -3.74. The van der Waals surface area contributed by atoms with Gasteiger partial charge >= 0.3 is 0 Å². The summed E-state index contributed by atoms with van der Waals surface area (Å²) in [4.78, 5) is 27.6. The van der Waals surface area contributed by atoms with E-state index >= 15 is 0 Å². The van der Waals surface area contributed by atoms with Gasteiger partial charge in [0.1, 0.15) is 11.6 Å². The smallest absolute Gasteiger partial charge is 0.243 e. The third kappa shape index (κ3) is 4.77. The van der Waals surface area contributed by atoms with Crippen LogP contribution in [0.2, 0.25) is 0 Å². The second kappa shape index (κ2) is 9.18. The van der Waals surface area contributed by atoms with Crippen molar-refractivity contribution in [3.8, 4) is 0 Å². The van der Waals surface area contributed by atoms with Crippen LogP contribution in [0.4, 0.5) is 14.5 Å². The van der Waals surface area contributed by atoms with E-state index in [2.05, 4.69) is 0 Å². The van der Waals surface area contributed by atoms with Gasteiger partial charge in [-0.2, -0.15) is 4.31 Å². The van der Waals surface area contributed by atoms with E-state index in [9.17, 15) is 26.8 Å². The average Bonchev–Trinajstić information content (AvgIpc) is 2.79. The number of nitrogens with zero attached hydrogens (tertiary/aromatic N) is 3. The predicted octanol–water partition coefficient (Wildman–Crippen LogP) is 2.45. The molecule has 176 valence electrons. The van der Waals surface area contributed by atoms with E-state index in [0.29, 0.717) is 30.5 Å². The van der Waals surface area contributed by atoms with Gasteiger partial charge in [-0.3, -0.25) is 9.59 Å². The second-order valence-corrected chi connectivity index (χ2v) is 10.2. The van der Waals surface area contributed by atoms with Gasteiger partial charge in [0.05, 0.1) is 17.1 Å². The fourth-order valence-electron chi connectivity index (χ4n) is 4.35. The Balaban J connectivity index is 1.39. The molecule has 0 spiro atoms. The lowest BCUT2D eigenvalue weighted by atomic mass is 10.0. The van der Waals surface area contributed by atoms with Crippen molar-refractivity contribution < 1.29 is 26.8 Å². The van der Waals surface area contributed by atoms with Crippen molar-refractivity contribution in [2.75, 3.05) is 44.2 Å². The van der Waals surface area contributed by atoms with E-state index in [-0.39, 0.29) is 55.0 Å². The van der Waals surface area contributed by atoms with Crippen LogP contribution >= 0.6 is 0 Å². The van der Waals surface area contributed by atoms with Gasteiger partial charge in [-0.1, -0.05) is 12.1 Å². The van der Waals surface area contributed by atoms with Crippen LogP contribution < -0.4 is 4.90 Å². The summed E-state index contributed by atoms with van der Waals surface area (Å²) in [5.74, 6) is -1.68. The molecule has 0 N–H and O–H groups in total. The van der Waals surface area contributed by atoms with Crippen molar-refractivity contribution in [1.82, 2.24) is 9.21 Å². The molecule has 0 bridgehead atoms. The molecule has 7 nitrogen and oxygen atoms in total. The number of sulfonamides is 1. The summed E-state index contributed by atoms with van der Waals surface area (Å²) < 4.78 is 55.1. The first kappa shape index (κ1) is 23.3. The average molecular weight is 478 g/mol. The lowest BCUT2D eigenvalue weighted by Gasteiger charge is -2.37. The van der Waals surface area contributed by atoms with Crippen molar-refractivity contribution in [2.45, 2.75) is 24.7 Å². The van der Waals surface area contributed by atoms with Crippen LogP contribution in [0, 0.1) is 11.6 Å². The molecule has 0 aromatic heterocycles. The highest BCUT2D eigenvalue weighted by molar-refractivity contribution is 7.89. The molecule has 0 radical (unpaired) electrons. The zero-order valence-electron chi connectivity index (χ0n) is 18.3. The molecule has 2 aromatic carbocycles. The van der Waals surface area contributed by atoms with E-state index in [4.69, 9.17) is 0 Å². The number of ketones is 1. The molecule has 0 saturated carbocycles. The Bertz CT molecular complexity index is 1180. The first-order chi connectivity index (χ1) is 15.7. The molecule has 2 heterocycles. The Morgan fingerprint density at radius 2 is 1.64 bits per heavy atom. The normalized spacial score (nSPS) is 17.1. The Kier molecular flexibility index (Phi) is 6.49. The standard InChI is InChI=1S/C23H25F2N3O4S/c1-16(29)17-4-6-20(7-5-17)33(31,32)28-11-9-26(10-12-28)22(30)15-27-8-2-3-18-13-19(24)14-21(25)23(18)27/h4-7,13-14H,2-3,8-12,15H2,1H3. The number of fused-ring (bicyclic) bond motifs is 1. The SMILES string of the molecule is CC(=O)c1ccc(S(=O)(=O)N2CCN(C(=O)CN3CCCc4cc(F)cc(F)c43)CC2)cc1. The number of carbonyl (C=O) groups excluding carboxylic acids is 2. The maximum absolute atomic E-state index is 14.4. The summed E-state index contributed by atoms with van der Waals surface area (Å²) >= 11 is 0. The lowest BCUT2D eigenvalue weighted by Crippen LogP contribution is -2.53. The van der Waals surface area contributed by atoms with E-state index in [1.54, 1.807) is 9.80 Å². The molecule has 4 rings (SSSR count). The molecule has 2 aromatic rings. The van der Waals surface area contributed by atoms with Crippen molar-refractivity contribution in [1.29, 1.82) is 0 Å². The van der Waals surface area contributed by atoms with Crippen molar-refractivity contribution in [3.63, 3.8) is 0 Å². The van der Waals surface area contributed by atoms with Gasteiger partial charge < -0.3 is 9.80 Å². The monoisotopic (exact) mass is 477 g/mol. The number of hydrogen-bond donors (Lipinski definition) is 0. The number of amides is 1. The lowest BCUT2D eigenvalue weighted by molar-refractivity contribution is -0.130. The molecule has 10 heteroatoms. The molecule has 1 amide bonds. The molecule has 1 fully saturated rings. The number of Topliss-reactive ketones (excluding diaryl/α,β-unsaturated/α-hetero) is 1. The van der Waals surface area contributed by atoms with E-state index < -0.39 is 21.7 Å². The number of rotatable bonds is 5. The van der Waals surface area contributed by atoms with Crippen LogP contribution in [0.3, 0.4) is 0 Å². The molecule has 2 aliphatic heterocycles. The number of halogens is 2. The van der Waals surface area contributed by atoms with Gasteiger partial charge in [0.25, 0.3) is 0 Å². The Hall–Kier alpha value is -2.85. The number of aryl methyl sites for hydroxylation is 1. The van der Waals surface area contributed by atoms with E-state index in [0.717, 1.165) is 6.07 Å². The van der Waals surface area contributed by atoms with Crippen molar-refractivity contribution >= 4 is 27.4 Å². The molecule has 0 aliphatic carbocycles. The second-order valence-electron chi connectivity index (χ2n) is 8.29. The Morgan fingerprint density at radius 1 is 0.970 bits per heavy atom. The molecule has 2 aliphatic rings. The summed E-state index contributed by atoms with van der Waals surface area (Å²) in [6.45, 7) is 2.57. The van der Waals surface area contributed by atoms with E-state index in [1.807, 2.05) is 0 Å². The van der Waals surface area contributed by atoms with Crippen molar-refractivity contribution in [2.24, 2.45) is 0 Å². The Labute approximate surface area is 191 Å². The third-order valence-electron chi connectivity index (χ3n) is 6.11. The van der Waals surface area contributed by atoms with Crippen molar-refractivity contribution in [3.05, 3.63) is 59.2 Å². The molecular weight excluding hydrogens is 452 g/mol. The quantitative estimate of drug-likeness (QED) is 0.619. The van der Waals surface area contributed by atoms with Gasteiger partial charge in [-0.15, -0.1) is 0 Å². The highest BCUT2D eigenvalue weighted by Crippen LogP contribution is 2.31. The number of benzene rings is 2. The summed E-state index contributed by atoms with van der Waals surface area (Å²) in [5, 5.41) is 0. The predicted molar refractivity (Wildman–Crippen MR) is 119 cm³/mol. The fourth-order valence-corrected chi connectivity index (χ4v) is 5.77. The summed E-state index contributed by atoms with van der Waals surface area (Å²) in [6.07, 6.45) is 1.25. The van der Waals surface area contributed by atoms with Crippen LogP contribution in [0.1, 0.15) is 29.3 Å². The van der Waals surface area contributed by atoms with Crippen LogP contribution in [-0.2, 0) is 21.2 Å². The van der Waals surface area contributed by atoms with Gasteiger partial charge in [0.2, 0.25) is 15.9 Å². The highest BCUT2D eigenvalue weighted by atomic mass is 32.2. The maximum atomic E-state index is 14.4. The minimum absolute atomic E-state index is 0.0468. The highest BCUT2D eigenvalue weighted by Gasteiger charge is 2.31. The zero-order valence-corrected chi connectivity index (χ0v) is 19.1. The number of carbonyl (C=O) groups is 2. The van der Waals surface area contributed by atoms with Gasteiger partial charge in [-0.05, 0) is 43.5 Å². The number of hydrogen-bond acceptors (Lipinski definition) is 5. The molecule has 0 atom stereocenters.